The molecule has 0 aromatic carbocycles. The van der Waals surface area contributed by atoms with Crippen molar-refractivity contribution in [3.63, 3.8) is 0 Å². The number of nitrogens with zero attached hydrogens (tertiary/aromatic N) is 3. The van der Waals surface area contributed by atoms with Crippen LogP contribution in [-0.4, -0.2) is 65.3 Å². The topological polar surface area (TPSA) is 40.6 Å². The van der Waals surface area contributed by atoms with E-state index in [9.17, 15) is 0 Å². The Morgan fingerprint density at radius 1 is 1.32 bits per heavy atom. The maximum absolute atomic E-state index is 5.62. The molecule has 0 spiro atoms. The molecule has 1 atom stereocenters. The summed E-state index contributed by atoms with van der Waals surface area (Å²) in [6, 6.07) is 6.09. The van der Waals surface area contributed by atoms with Gasteiger partial charge in [0.25, 0.3) is 0 Å². The van der Waals surface area contributed by atoms with E-state index in [1.165, 1.54) is 6.42 Å². The molecule has 2 aliphatic rings. The summed E-state index contributed by atoms with van der Waals surface area (Å²) in [5.41, 5.74) is 1.13. The summed E-state index contributed by atoms with van der Waals surface area (Å²) in [6.45, 7) is 6.66. The van der Waals surface area contributed by atoms with Gasteiger partial charge in [-0.15, -0.1) is 0 Å². The third kappa shape index (κ3) is 4.38. The van der Waals surface area contributed by atoms with Gasteiger partial charge in [0, 0.05) is 52.1 Å². The highest BCUT2D eigenvalue weighted by Crippen LogP contribution is 2.11. The minimum absolute atomic E-state index is 0.336. The van der Waals surface area contributed by atoms with Crippen molar-refractivity contribution in [2.75, 3.05) is 39.3 Å². The van der Waals surface area contributed by atoms with E-state index in [1.54, 1.807) is 0 Å². The Morgan fingerprint density at radius 3 is 2.86 bits per heavy atom. The van der Waals surface area contributed by atoms with Gasteiger partial charge in [0.2, 0.25) is 0 Å². The molecule has 2 aliphatic heterocycles. The zero-order chi connectivity index (χ0) is 15.2. The fourth-order valence-corrected chi connectivity index (χ4v) is 3.21. The number of nitrogens with one attached hydrogen (secondary N) is 1. The van der Waals surface area contributed by atoms with Crippen molar-refractivity contribution in [2.45, 2.75) is 25.5 Å². The van der Waals surface area contributed by atoms with Crippen molar-refractivity contribution in [1.29, 1.82) is 0 Å². The second-order valence-corrected chi connectivity index (χ2v) is 6.29. The van der Waals surface area contributed by atoms with Crippen molar-refractivity contribution < 1.29 is 4.74 Å². The molecule has 1 aromatic heterocycles. The first-order valence-electron chi connectivity index (χ1n) is 8.08. The average molecular weight is 320 g/mol. The van der Waals surface area contributed by atoms with Crippen molar-refractivity contribution in [3.05, 3.63) is 30.1 Å². The van der Waals surface area contributed by atoms with Gasteiger partial charge in [-0.2, -0.15) is 0 Å². The third-order valence-corrected chi connectivity index (χ3v) is 4.68. The van der Waals surface area contributed by atoms with Gasteiger partial charge in [-0.05, 0) is 37.2 Å². The summed E-state index contributed by atoms with van der Waals surface area (Å²) in [4.78, 5) is 9.09. The van der Waals surface area contributed by atoms with Crippen LogP contribution in [0.2, 0.25) is 0 Å². The molecule has 3 rings (SSSR count). The van der Waals surface area contributed by atoms with E-state index in [4.69, 9.17) is 17.0 Å². The number of pyridine rings is 1. The minimum Gasteiger partial charge on any atom is -0.376 e. The highest BCUT2D eigenvalue weighted by atomic mass is 32.1. The normalized spacial score (nSPS) is 22.7. The first-order valence-corrected chi connectivity index (χ1v) is 8.49. The van der Waals surface area contributed by atoms with Crippen LogP contribution in [0.3, 0.4) is 0 Å². The van der Waals surface area contributed by atoms with E-state index in [0.717, 1.165) is 63.1 Å². The maximum atomic E-state index is 5.62. The van der Waals surface area contributed by atoms with Gasteiger partial charge in [-0.1, -0.05) is 6.07 Å². The van der Waals surface area contributed by atoms with E-state index >= 15 is 0 Å². The summed E-state index contributed by atoms with van der Waals surface area (Å²) >= 11 is 5.51. The lowest BCUT2D eigenvalue weighted by Gasteiger charge is -2.36. The first-order chi connectivity index (χ1) is 10.8. The molecule has 0 bridgehead atoms. The predicted octanol–water partition coefficient (Wildman–Crippen LogP) is 1.25. The number of aromatic nitrogens is 1. The number of hydrogen-bond acceptors (Lipinski definition) is 4. The largest absolute Gasteiger partial charge is 0.376 e. The van der Waals surface area contributed by atoms with Crippen LogP contribution in [0.15, 0.2) is 24.4 Å². The molecule has 0 amide bonds. The number of thiocarbonyl (C=S) groups is 1. The van der Waals surface area contributed by atoms with Crippen molar-refractivity contribution in [3.8, 4) is 0 Å². The van der Waals surface area contributed by atoms with Crippen LogP contribution in [0.5, 0.6) is 0 Å². The molecule has 6 heteroatoms. The van der Waals surface area contributed by atoms with E-state index in [1.807, 2.05) is 18.3 Å². The van der Waals surface area contributed by atoms with Crippen LogP contribution in [0.4, 0.5) is 0 Å². The first kappa shape index (κ1) is 15.6. The van der Waals surface area contributed by atoms with E-state index in [0.29, 0.717) is 6.10 Å². The summed E-state index contributed by atoms with van der Waals surface area (Å²) in [7, 11) is 0. The molecule has 0 aliphatic carbocycles. The van der Waals surface area contributed by atoms with Gasteiger partial charge in [0.15, 0.2) is 5.11 Å². The summed E-state index contributed by atoms with van der Waals surface area (Å²) in [5.74, 6) is 0. The molecule has 1 unspecified atom stereocenters. The second-order valence-electron chi connectivity index (χ2n) is 5.91. The molecule has 2 saturated heterocycles. The Hall–Kier alpha value is -1.24. The summed E-state index contributed by atoms with van der Waals surface area (Å²) in [6.07, 6.45) is 4.51. The highest BCUT2D eigenvalue weighted by molar-refractivity contribution is 7.80. The zero-order valence-electron chi connectivity index (χ0n) is 12.9. The minimum atomic E-state index is 0.336. The van der Waals surface area contributed by atoms with Crippen molar-refractivity contribution >= 4 is 17.3 Å². The van der Waals surface area contributed by atoms with Gasteiger partial charge < -0.3 is 15.0 Å². The Morgan fingerprint density at radius 2 is 2.18 bits per heavy atom. The monoisotopic (exact) mass is 320 g/mol. The number of hydrogen-bond donors (Lipinski definition) is 1. The Kier molecular flexibility index (Phi) is 5.58. The lowest BCUT2D eigenvalue weighted by atomic mass is 10.2. The maximum Gasteiger partial charge on any atom is 0.169 e. The number of piperazine rings is 1. The highest BCUT2D eigenvalue weighted by Gasteiger charge is 2.21. The molecule has 22 heavy (non-hydrogen) atoms. The Balaban J connectivity index is 1.38. The molecule has 1 N–H and O–H groups in total. The molecular formula is C16H24N4OS. The standard InChI is InChI=1S/C16H24N4OS/c22-16(18-12-15-5-3-11-21-15)20-9-7-19(8-10-20)13-14-4-1-2-6-17-14/h1-2,4,6,15H,3,5,7-13H2,(H,18,22). The molecule has 2 fully saturated rings. The molecule has 5 nitrogen and oxygen atoms in total. The van der Waals surface area contributed by atoms with Crippen LogP contribution < -0.4 is 5.32 Å². The van der Waals surface area contributed by atoms with Crippen LogP contribution in [0.25, 0.3) is 0 Å². The van der Waals surface area contributed by atoms with Gasteiger partial charge in [-0.25, -0.2) is 0 Å². The van der Waals surface area contributed by atoms with Crippen LogP contribution in [-0.2, 0) is 11.3 Å². The molecule has 0 saturated carbocycles. The molecule has 0 radical (unpaired) electrons. The zero-order valence-corrected chi connectivity index (χ0v) is 13.7. The van der Waals surface area contributed by atoms with Gasteiger partial charge >= 0.3 is 0 Å². The SMILES string of the molecule is S=C(NCC1CCCO1)N1CCN(Cc2ccccn2)CC1. The lowest BCUT2D eigenvalue weighted by molar-refractivity contribution is 0.112. The van der Waals surface area contributed by atoms with Crippen molar-refractivity contribution in [1.82, 2.24) is 20.1 Å². The fourth-order valence-electron chi connectivity index (χ4n) is 2.95. The molecular weight excluding hydrogens is 296 g/mol. The van der Waals surface area contributed by atoms with E-state index in [2.05, 4.69) is 26.2 Å². The van der Waals surface area contributed by atoms with Crippen LogP contribution in [0, 0.1) is 0 Å². The second kappa shape index (κ2) is 7.85. The Labute approximate surface area is 137 Å². The third-order valence-electron chi connectivity index (χ3n) is 4.28. The smallest absolute Gasteiger partial charge is 0.169 e. The van der Waals surface area contributed by atoms with E-state index < -0.39 is 0 Å². The molecule has 3 heterocycles. The van der Waals surface area contributed by atoms with Crippen LogP contribution >= 0.6 is 12.2 Å². The summed E-state index contributed by atoms with van der Waals surface area (Å²) < 4.78 is 5.62. The summed E-state index contributed by atoms with van der Waals surface area (Å²) in [5, 5.41) is 4.23. The fraction of sp³-hybridized carbons (Fsp3) is 0.625. The molecule has 1 aromatic rings. The van der Waals surface area contributed by atoms with Gasteiger partial charge in [-0.3, -0.25) is 9.88 Å². The number of ether oxygens (including phenoxy) is 1. The van der Waals surface area contributed by atoms with Crippen LogP contribution in [0.1, 0.15) is 18.5 Å². The molecule has 120 valence electrons. The lowest BCUT2D eigenvalue weighted by Crippen LogP contribution is -2.52. The van der Waals surface area contributed by atoms with Gasteiger partial charge in [0.05, 0.1) is 11.8 Å². The quantitative estimate of drug-likeness (QED) is 0.842. The number of rotatable bonds is 4. The Bertz CT molecular complexity index is 470. The van der Waals surface area contributed by atoms with Gasteiger partial charge in [0.1, 0.15) is 0 Å². The van der Waals surface area contributed by atoms with E-state index in [-0.39, 0.29) is 0 Å². The predicted molar refractivity (Wildman–Crippen MR) is 90.7 cm³/mol. The van der Waals surface area contributed by atoms with Crippen molar-refractivity contribution in [2.24, 2.45) is 0 Å². The average Bonchev–Trinajstić information content (AvgIpc) is 3.08.